The van der Waals surface area contributed by atoms with Crippen molar-refractivity contribution in [2.24, 2.45) is 0 Å². The number of hydrogen-bond donors (Lipinski definition) is 0. The molecule has 1 heterocycles. The van der Waals surface area contributed by atoms with Gasteiger partial charge in [0, 0.05) is 10.4 Å². The minimum absolute atomic E-state index is 0.338. The number of ether oxygens (including phenoxy) is 1. The van der Waals surface area contributed by atoms with E-state index in [1.807, 2.05) is 12.1 Å². The molecule has 0 N–H and O–H groups in total. The lowest BCUT2D eigenvalue weighted by molar-refractivity contribution is 0.177. The van der Waals surface area contributed by atoms with Gasteiger partial charge in [-0.05, 0) is 30.5 Å². The molecule has 1 aromatic carbocycles. The van der Waals surface area contributed by atoms with E-state index in [2.05, 4.69) is 12.1 Å². The molecule has 0 spiro atoms. The Morgan fingerprint density at radius 2 is 1.86 bits per heavy atom. The Labute approximate surface area is 89.0 Å². The Balaban J connectivity index is 1.95. The van der Waals surface area contributed by atoms with Gasteiger partial charge in [0.1, 0.15) is 0 Å². The van der Waals surface area contributed by atoms with E-state index in [0.717, 1.165) is 11.6 Å². The second-order valence-electron chi connectivity index (χ2n) is 4.34. The normalized spacial score (nSPS) is 28.2. The predicted molar refractivity (Wildman–Crippen MR) is 56.7 cm³/mol. The Hall–Kier alpha value is -0.530. The smallest absolute Gasteiger partial charge is 0.0906 e. The highest BCUT2D eigenvalue weighted by Crippen LogP contribution is 2.51. The number of halogens is 1. The predicted octanol–water partition coefficient (Wildman–Crippen LogP) is 3.16. The standard InChI is InChI=1S/C12H13ClO/c13-10-4-2-9(3-5-10)12(6-1-7-12)11-8-14-11/h2-5,11H,1,6-8H2/t11-/m0/s1. The summed E-state index contributed by atoms with van der Waals surface area (Å²) in [5, 5.41) is 0.819. The fourth-order valence-corrected chi connectivity index (χ4v) is 2.63. The average molecular weight is 209 g/mol. The van der Waals surface area contributed by atoms with Gasteiger partial charge in [0.25, 0.3) is 0 Å². The van der Waals surface area contributed by atoms with Gasteiger partial charge < -0.3 is 4.74 Å². The van der Waals surface area contributed by atoms with E-state index in [-0.39, 0.29) is 0 Å². The molecular formula is C12H13ClO. The lowest BCUT2D eigenvalue weighted by Crippen LogP contribution is -2.39. The van der Waals surface area contributed by atoms with Crippen molar-refractivity contribution in [1.82, 2.24) is 0 Å². The van der Waals surface area contributed by atoms with Crippen LogP contribution in [0.3, 0.4) is 0 Å². The number of benzene rings is 1. The van der Waals surface area contributed by atoms with Crippen molar-refractivity contribution in [1.29, 1.82) is 0 Å². The zero-order valence-corrected chi connectivity index (χ0v) is 8.76. The first-order valence-electron chi connectivity index (χ1n) is 5.19. The molecule has 1 saturated carbocycles. The van der Waals surface area contributed by atoms with Crippen molar-refractivity contribution in [3.63, 3.8) is 0 Å². The fraction of sp³-hybridized carbons (Fsp3) is 0.500. The summed E-state index contributed by atoms with van der Waals surface area (Å²) in [6, 6.07) is 8.28. The van der Waals surface area contributed by atoms with Gasteiger partial charge in [-0.3, -0.25) is 0 Å². The molecular weight excluding hydrogens is 196 g/mol. The van der Waals surface area contributed by atoms with E-state index in [9.17, 15) is 0 Å². The van der Waals surface area contributed by atoms with Gasteiger partial charge in [0.2, 0.25) is 0 Å². The number of epoxide rings is 1. The van der Waals surface area contributed by atoms with E-state index < -0.39 is 0 Å². The zero-order valence-electron chi connectivity index (χ0n) is 8.00. The minimum atomic E-state index is 0.338. The van der Waals surface area contributed by atoms with Crippen molar-refractivity contribution < 1.29 is 4.74 Å². The van der Waals surface area contributed by atoms with Gasteiger partial charge in [0.15, 0.2) is 0 Å². The van der Waals surface area contributed by atoms with Crippen LogP contribution in [0.15, 0.2) is 24.3 Å². The van der Waals surface area contributed by atoms with E-state index in [4.69, 9.17) is 16.3 Å². The molecule has 1 nitrogen and oxygen atoms in total. The molecule has 0 bridgehead atoms. The Bertz CT molecular complexity index is 336. The topological polar surface area (TPSA) is 12.5 Å². The second kappa shape index (κ2) is 2.98. The summed E-state index contributed by atoms with van der Waals surface area (Å²) in [4.78, 5) is 0. The van der Waals surface area contributed by atoms with Gasteiger partial charge >= 0.3 is 0 Å². The highest BCUT2D eigenvalue weighted by atomic mass is 35.5. The average Bonchev–Trinajstić information content (AvgIpc) is 2.90. The molecule has 1 saturated heterocycles. The van der Waals surface area contributed by atoms with E-state index in [0.29, 0.717) is 11.5 Å². The summed E-state index contributed by atoms with van der Waals surface area (Å²) < 4.78 is 5.47. The first-order valence-corrected chi connectivity index (χ1v) is 5.57. The third-order valence-corrected chi connectivity index (χ3v) is 3.87. The second-order valence-corrected chi connectivity index (χ2v) is 4.77. The molecule has 2 aliphatic rings. The largest absolute Gasteiger partial charge is 0.372 e. The molecule has 0 aromatic heterocycles. The van der Waals surface area contributed by atoms with Gasteiger partial charge in [0.05, 0.1) is 12.7 Å². The van der Waals surface area contributed by atoms with E-state index >= 15 is 0 Å². The fourth-order valence-electron chi connectivity index (χ4n) is 2.50. The Kier molecular flexibility index (Phi) is 1.86. The van der Waals surface area contributed by atoms with Crippen LogP contribution in [-0.2, 0) is 10.2 Å². The molecule has 2 fully saturated rings. The van der Waals surface area contributed by atoms with Crippen LogP contribution in [0.4, 0.5) is 0 Å². The molecule has 14 heavy (non-hydrogen) atoms. The monoisotopic (exact) mass is 208 g/mol. The Morgan fingerprint density at radius 3 is 2.29 bits per heavy atom. The van der Waals surface area contributed by atoms with Crippen LogP contribution >= 0.6 is 11.6 Å². The van der Waals surface area contributed by atoms with E-state index in [1.165, 1.54) is 24.8 Å². The van der Waals surface area contributed by atoms with Crippen molar-refractivity contribution >= 4 is 11.6 Å². The summed E-state index contributed by atoms with van der Waals surface area (Å²) in [6.07, 6.45) is 4.37. The first kappa shape index (κ1) is 8.75. The molecule has 1 aliphatic heterocycles. The molecule has 2 heteroatoms. The van der Waals surface area contributed by atoms with Crippen LogP contribution in [-0.4, -0.2) is 12.7 Å². The molecule has 0 radical (unpaired) electrons. The van der Waals surface area contributed by atoms with Crippen molar-refractivity contribution in [2.75, 3.05) is 6.61 Å². The molecule has 1 aliphatic carbocycles. The van der Waals surface area contributed by atoms with Crippen LogP contribution in [0.1, 0.15) is 24.8 Å². The number of rotatable bonds is 2. The van der Waals surface area contributed by atoms with Gasteiger partial charge in [-0.1, -0.05) is 30.2 Å². The van der Waals surface area contributed by atoms with Crippen molar-refractivity contribution in [3.05, 3.63) is 34.9 Å². The SMILES string of the molecule is Clc1ccc(C2([C@@H]3CO3)CCC2)cc1. The van der Waals surface area contributed by atoms with E-state index in [1.54, 1.807) is 0 Å². The van der Waals surface area contributed by atoms with Crippen molar-refractivity contribution in [2.45, 2.75) is 30.8 Å². The lowest BCUT2D eigenvalue weighted by atomic mass is 9.62. The maximum absolute atomic E-state index is 5.89. The maximum atomic E-state index is 5.89. The first-order chi connectivity index (χ1) is 6.81. The summed E-state index contributed by atoms with van der Waals surface area (Å²) >= 11 is 5.89. The van der Waals surface area contributed by atoms with Gasteiger partial charge in [-0.25, -0.2) is 0 Å². The summed E-state index contributed by atoms with van der Waals surface area (Å²) in [7, 11) is 0. The number of hydrogen-bond acceptors (Lipinski definition) is 1. The minimum Gasteiger partial charge on any atom is -0.372 e. The summed E-state index contributed by atoms with van der Waals surface area (Å²) in [5.41, 5.74) is 1.75. The van der Waals surface area contributed by atoms with Crippen LogP contribution < -0.4 is 0 Å². The Morgan fingerprint density at radius 1 is 1.21 bits per heavy atom. The third-order valence-electron chi connectivity index (χ3n) is 3.61. The maximum Gasteiger partial charge on any atom is 0.0906 e. The zero-order chi connectivity index (χ0) is 9.60. The highest BCUT2D eigenvalue weighted by Gasteiger charge is 2.51. The van der Waals surface area contributed by atoms with Crippen LogP contribution in [0.5, 0.6) is 0 Å². The molecule has 1 aromatic rings. The summed E-state index contributed by atoms with van der Waals surface area (Å²) in [5.74, 6) is 0. The highest BCUT2D eigenvalue weighted by molar-refractivity contribution is 6.30. The summed E-state index contributed by atoms with van der Waals surface area (Å²) in [6.45, 7) is 0.947. The van der Waals surface area contributed by atoms with Gasteiger partial charge in [-0.2, -0.15) is 0 Å². The molecule has 0 amide bonds. The molecule has 74 valence electrons. The van der Waals surface area contributed by atoms with Crippen LogP contribution in [0.25, 0.3) is 0 Å². The molecule has 0 unspecified atom stereocenters. The van der Waals surface area contributed by atoms with Gasteiger partial charge in [-0.15, -0.1) is 0 Å². The van der Waals surface area contributed by atoms with Crippen LogP contribution in [0.2, 0.25) is 5.02 Å². The lowest BCUT2D eigenvalue weighted by Gasteiger charge is -2.41. The van der Waals surface area contributed by atoms with Crippen molar-refractivity contribution in [3.8, 4) is 0 Å². The third kappa shape index (κ3) is 1.19. The quantitative estimate of drug-likeness (QED) is 0.681. The molecule has 3 rings (SSSR count). The molecule has 1 atom stereocenters. The van der Waals surface area contributed by atoms with Crippen LogP contribution in [0, 0.1) is 0 Å².